The van der Waals surface area contributed by atoms with Crippen molar-refractivity contribution in [1.82, 2.24) is 15.5 Å². The van der Waals surface area contributed by atoms with E-state index in [4.69, 9.17) is 0 Å². The summed E-state index contributed by atoms with van der Waals surface area (Å²) in [5, 5.41) is 6.90. The van der Waals surface area contributed by atoms with Crippen LogP contribution in [-0.2, 0) is 13.0 Å². The molecule has 1 unspecified atom stereocenters. The van der Waals surface area contributed by atoms with Crippen molar-refractivity contribution in [2.75, 3.05) is 26.7 Å². The molecule has 0 bridgehead atoms. The summed E-state index contributed by atoms with van der Waals surface area (Å²) in [5.74, 6) is 0.855. The van der Waals surface area contributed by atoms with E-state index in [9.17, 15) is 0 Å². The summed E-state index contributed by atoms with van der Waals surface area (Å²) in [5.41, 5.74) is 4.23. The number of rotatable bonds is 5. The van der Waals surface area contributed by atoms with Crippen molar-refractivity contribution in [3.8, 4) is 0 Å². The lowest BCUT2D eigenvalue weighted by molar-refractivity contribution is 0.258. The number of hydrogen-bond donors (Lipinski definition) is 2. The highest BCUT2D eigenvalue weighted by Gasteiger charge is 2.15. The van der Waals surface area contributed by atoms with E-state index in [1.165, 1.54) is 16.7 Å². The summed E-state index contributed by atoms with van der Waals surface area (Å²) in [4.78, 5) is 6.85. The molecule has 1 atom stereocenters. The molecule has 0 saturated carbocycles. The SMILES string of the molecule is CN=C(NCCN1CCc2ccccc2C1)NC(C)c1ccccc1. The van der Waals surface area contributed by atoms with Crippen LogP contribution in [0.1, 0.15) is 29.7 Å². The first-order valence-corrected chi connectivity index (χ1v) is 9.07. The lowest BCUT2D eigenvalue weighted by atomic mass is 10.00. The van der Waals surface area contributed by atoms with E-state index in [-0.39, 0.29) is 6.04 Å². The van der Waals surface area contributed by atoms with E-state index in [2.05, 4.69) is 76.0 Å². The highest BCUT2D eigenvalue weighted by atomic mass is 15.2. The van der Waals surface area contributed by atoms with Gasteiger partial charge in [0.25, 0.3) is 0 Å². The molecule has 2 aromatic rings. The summed E-state index contributed by atoms with van der Waals surface area (Å²) in [6, 6.07) is 19.5. The molecule has 4 nitrogen and oxygen atoms in total. The van der Waals surface area contributed by atoms with Gasteiger partial charge in [-0.05, 0) is 30.0 Å². The number of guanidine groups is 1. The van der Waals surface area contributed by atoms with Crippen LogP contribution in [0.25, 0.3) is 0 Å². The molecule has 132 valence electrons. The molecule has 2 N–H and O–H groups in total. The Morgan fingerprint density at radius 2 is 1.80 bits per heavy atom. The molecule has 0 radical (unpaired) electrons. The standard InChI is InChI=1S/C21H28N4/c1-17(18-8-4-3-5-9-18)24-21(22-2)23-13-15-25-14-12-19-10-6-7-11-20(19)16-25/h3-11,17H,12-16H2,1-2H3,(H2,22,23,24). The number of benzene rings is 2. The molecule has 0 amide bonds. The largest absolute Gasteiger partial charge is 0.355 e. The molecule has 0 saturated heterocycles. The Kier molecular flexibility index (Phi) is 6.07. The topological polar surface area (TPSA) is 39.7 Å². The van der Waals surface area contributed by atoms with Crippen LogP contribution in [-0.4, -0.2) is 37.5 Å². The zero-order chi connectivity index (χ0) is 17.5. The number of fused-ring (bicyclic) bond motifs is 1. The van der Waals surface area contributed by atoms with E-state index in [1.54, 1.807) is 0 Å². The zero-order valence-corrected chi connectivity index (χ0v) is 15.2. The smallest absolute Gasteiger partial charge is 0.191 e. The molecule has 1 aliphatic heterocycles. The third-order valence-electron chi connectivity index (χ3n) is 4.81. The maximum Gasteiger partial charge on any atom is 0.191 e. The molecule has 0 aliphatic carbocycles. The van der Waals surface area contributed by atoms with Gasteiger partial charge in [-0.1, -0.05) is 54.6 Å². The second-order valence-corrected chi connectivity index (χ2v) is 6.57. The Bertz CT molecular complexity index is 696. The second-order valence-electron chi connectivity index (χ2n) is 6.57. The molecule has 0 spiro atoms. The molecule has 25 heavy (non-hydrogen) atoms. The van der Waals surface area contributed by atoms with Crippen LogP contribution >= 0.6 is 0 Å². The highest BCUT2D eigenvalue weighted by Crippen LogP contribution is 2.17. The third kappa shape index (κ3) is 4.83. The minimum atomic E-state index is 0.231. The number of nitrogens with zero attached hydrogens (tertiary/aromatic N) is 2. The molecule has 0 fully saturated rings. The van der Waals surface area contributed by atoms with E-state index in [0.29, 0.717) is 0 Å². The second kappa shape index (κ2) is 8.67. The van der Waals surface area contributed by atoms with Gasteiger partial charge in [0, 0.05) is 33.2 Å². The zero-order valence-electron chi connectivity index (χ0n) is 15.2. The van der Waals surface area contributed by atoms with Gasteiger partial charge in [0.2, 0.25) is 0 Å². The molecule has 4 heteroatoms. The first-order chi connectivity index (χ1) is 12.3. The quantitative estimate of drug-likeness (QED) is 0.651. The fourth-order valence-electron chi connectivity index (χ4n) is 3.30. The van der Waals surface area contributed by atoms with E-state index < -0.39 is 0 Å². The first-order valence-electron chi connectivity index (χ1n) is 9.07. The molecule has 0 aromatic heterocycles. The normalized spacial score (nSPS) is 16.2. The Balaban J connectivity index is 1.45. The maximum atomic E-state index is 4.35. The summed E-state index contributed by atoms with van der Waals surface area (Å²) < 4.78 is 0. The molecular weight excluding hydrogens is 308 g/mol. The number of hydrogen-bond acceptors (Lipinski definition) is 2. The van der Waals surface area contributed by atoms with E-state index in [0.717, 1.165) is 38.6 Å². The van der Waals surface area contributed by atoms with Crippen LogP contribution in [0, 0.1) is 0 Å². The van der Waals surface area contributed by atoms with Crippen LogP contribution in [0.15, 0.2) is 59.6 Å². The van der Waals surface area contributed by atoms with Gasteiger partial charge < -0.3 is 10.6 Å². The van der Waals surface area contributed by atoms with Crippen molar-refractivity contribution in [1.29, 1.82) is 0 Å². The minimum Gasteiger partial charge on any atom is -0.355 e. The Morgan fingerprint density at radius 3 is 2.56 bits per heavy atom. The fraction of sp³-hybridized carbons (Fsp3) is 0.381. The van der Waals surface area contributed by atoms with Gasteiger partial charge in [-0.25, -0.2) is 0 Å². The van der Waals surface area contributed by atoms with E-state index >= 15 is 0 Å². The Morgan fingerprint density at radius 1 is 1.08 bits per heavy atom. The fourth-order valence-corrected chi connectivity index (χ4v) is 3.30. The van der Waals surface area contributed by atoms with Gasteiger partial charge >= 0.3 is 0 Å². The van der Waals surface area contributed by atoms with Crippen molar-refractivity contribution in [2.45, 2.75) is 25.9 Å². The van der Waals surface area contributed by atoms with Gasteiger partial charge in [-0.2, -0.15) is 0 Å². The van der Waals surface area contributed by atoms with Gasteiger partial charge in [0.05, 0.1) is 6.04 Å². The van der Waals surface area contributed by atoms with E-state index in [1.807, 2.05) is 13.1 Å². The average molecular weight is 336 g/mol. The molecule has 3 rings (SSSR count). The lowest BCUT2D eigenvalue weighted by Crippen LogP contribution is -2.43. The predicted octanol–water partition coefficient (Wildman–Crippen LogP) is 2.97. The molecule has 1 heterocycles. The lowest BCUT2D eigenvalue weighted by Gasteiger charge is -2.29. The van der Waals surface area contributed by atoms with Crippen LogP contribution in [0.5, 0.6) is 0 Å². The van der Waals surface area contributed by atoms with Gasteiger partial charge in [-0.3, -0.25) is 9.89 Å². The number of nitrogens with one attached hydrogen (secondary N) is 2. The maximum absolute atomic E-state index is 4.35. The van der Waals surface area contributed by atoms with Crippen LogP contribution in [0.4, 0.5) is 0 Å². The van der Waals surface area contributed by atoms with Crippen molar-refractivity contribution in [3.63, 3.8) is 0 Å². The Labute approximate surface area is 151 Å². The summed E-state index contributed by atoms with van der Waals surface area (Å²) in [6.07, 6.45) is 1.15. The summed E-state index contributed by atoms with van der Waals surface area (Å²) in [7, 11) is 1.82. The monoisotopic (exact) mass is 336 g/mol. The summed E-state index contributed by atoms with van der Waals surface area (Å²) >= 11 is 0. The Hall–Kier alpha value is -2.33. The molecule has 1 aliphatic rings. The van der Waals surface area contributed by atoms with Crippen molar-refractivity contribution in [2.24, 2.45) is 4.99 Å². The molecule has 2 aromatic carbocycles. The number of aliphatic imine (C=N–C) groups is 1. The first kappa shape index (κ1) is 17.5. The van der Waals surface area contributed by atoms with Gasteiger partial charge in [0.15, 0.2) is 5.96 Å². The summed E-state index contributed by atoms with van der Waals surface area (Å²) in [6.45, 7) is 6.25. The van der Waals surface area contributed by atoms with Crippen molar-refractivity contribution >= 4 is 5.96 Å². The van der Waals surface area contributed by atoms with Gasteiger partial charge in [0.1, 0.15) is 0 Å². The van der Waals surface area contributed by atoms with Crippen LogP contribution in [0.2, 0.25) is 0 Å². The van der Waals surface area contributed by atoms with Crippen molar-refractivity contribution in [3.05, 3.63) is 71.3 Å². The molecular formula is C21H28N4. The van der Waals surface area contributed by atoms with Crippen molar-refractivity contribution < 1.29 is 0 Å². The predicted molar refractivity (Wildman–Crippen MR) is 105 cm³/mol. The van der Waals surface area contributed by atoms with Crippen LogP contribution < -0.4 is 10.6 Å². The minimum absolute atomic E-state index is 0.231. The highest BCUT2D eigenvalue weighted by molar-refractivity contribution is 5.80. The third-order valence-corrected chi connectivity index (χ3v) is 4.81. The average Bonchev–Trinajstić information content (AvgIpc) is 2.67. The van der Waals surface area contributed by atoms with Gasteiger partial charge in [-0.15, -0.1) is 0 Å². The van der Waals surface area contributed by atoms with Crippen LogP contribution in [0.3, 0.4) is 0 Å².